The van der Waals surface area contributed by atoms with E-state index < -0.39 is 0 Å². The van der Waals surface area contributed by atoms with E-state index in [-0.39, 0.29) is 17.4 Å². The summed E-state index contributed by atoms with van der Waals surface area (Å²) in [6.45, 7) is 4.04. The number of hydrogen-bond acceptors (Lipinski definition) is 4. The molecule has 0 fully saturated rings. The van der Waals surface area contributed by atoms with E-state index in [2.05, 4.69) is 0 Å². The fourth-order valence-electron chi connectivity index (χ4n) is 2.10. The molecule has 0 aliphatic carbocycles. The summed E-state index contributed by atoms with van der Waals surface area (Å²) in [5, 5.41) is 0. The largest absolute Gasteiger partial charge is 0.497 e. The quantitative estimate of drug-likeness (QED) is 0.803. The van der Waals surface area contributed by atoms with Gasteiger partial charge in [-0.15, -0.1) is 0 Å². The van der Waals surface area contributed by atoms with Crippen LogP contribution in [0.3, 0.4) is 0 Å². The predicted molar refractivity (Wildman–Crippen MR) is 75.0 cm³/mol. The van der Waals surface area contributed by atoms with Crippen molar-refractivity contribution < 1.29 is 14.3 Å². The van der Waals surface area contributed by atoms with Gasteiger partial charge in [0.25, 0.3) is 0 Å². The molecule has 4 heteroatoms. The van der Waals surface area contributed by atoms with E-state index >= 15 is 0 Å². The first kappa shape index (κ1) is 15.5. The van der Waals surface area contributed by atoms with E-state index in [0.29, 0.717) is 12.8 Å². The van der Waals surface area contributed by atoms with Gasteiger partial charge in [0, 0.05) is 6.04 Å². The Kier molecular flexibility index (Phi) is 5.36. The zero-order valence-electron chi connectivity index (χ0n) is 12.1. The molecule has 1 aromatic carbocycles. The topological polar surface area (TPSA) is 61.5 Å². The van der Waals surface area contributed by atoms with Gasteiger partial charge in [0.05, 0.1) is 20.6 Å². The van der Waals surface area contributed by atoms with Crippen molar-refractivity contribution in [3.05, 3.63) is 29.8 Å². The maximum Gasteiger partial charge on any atom is 0.306 e. The van der Waals surface area contributed by atoms with Crippen LogP contribution in [-0.2, 0) is 9.53 Å². The van der Waals surface area contributed by atoms with Crippen LogP contribution >= 0.6 is 0 Å². The van der Waals surface area contributed by atoms with Crippen molar-refractivity contribution in [1.29, 1.82) is 0 Å². The molecule has 0 heterocycles. The smallest absolute Gasteiger partial charge is 0.306 e. The van der Waals surface area contributed by atoms with E-state index in [1.54, 1.807) is 7.11 Å². The zero-order valence-corrected chi connectivity index (χ0v) is 12.1. The van der Waals surface area contributed by atoms with Crippen LogP contribution in [0.25, 0.3) is 0 Å². The van der Waals surface area contributed by atoms with Crippen molar-refractivity contribution >= 4 is 5.97 Å². The van der Waals surface area contributed by atoms with Crippen LogP contribution in [0.2, 0.25) is 0 Å². The number of methoxy groups -OCH3 is 2. The molecule has 1 rings (SSSR count). The first-order chi connectivity index (χ1) is 8.88. The third-order valence-corrected chi connectivity index (χ3v) is 3.17. The second-order valence-corrected chi connectivity index (χ2v) is 5.50. The lowest BCUT2D eigenvalue weighted by Gasteiger charge is -2.27. The first-order valence-electron chi connectivity index (χ1n) is 6.34. The number of rotatable bonds is 6. The summed E-state index contributed by atoms with van der Waals surface area (Å²) < 4.78 is 9.82. The molecule has 1 aromatic rings. The van der Waals surface area contributed by atoms with E-state index in [1.807, 2.05) is 38.1 Å². The highest BCUT2D eigenvalue weighted by Crippen LogP contribution is 2.32. The lowest BCUT2D eigenvalue weighted by Crippen LogP contribution is -2.24. The van der Waals surface area contributed by atoms with Gasteiger partial charge in [0.1, 0.15) is 5.75 Å². The number of carbonyl (C=O) groups is 1. The van der Waals surface area contributed by atoms with E-state index in [1.165, 1.54) is 7.11 Å². The molecular formula is C15H23NO3. The maximum absolute atomic E-state index is 11.3. The van der Waals surface area contributed by atoms with Crippen LogP contribution in [-0.4, -0.2) is 20.2 Å². The molecular weight excluding hydrogens is 242 g/mol. The minimum atomic E-state index is -0.202. The summed E-state index contributed by atoms with van der Waals surface area (Å²) >= 11 is 0. The number of carbonyl (C=O) groups excluding carboxylic acids is 1. The number of benzene rings is 1. The molecule has 0 radical (unpaired) electrons. The second kappa shape index (κ2) is 6.57. The molecule has 0 saturated carbocycles. The third-order valence-electron chi connectivity index (χ3n) is 3.17. The Labute approximate surface area is 114 Å². The van der Waals surface area contributed by atoms with Gasteiger partial charge in [-0.05, 0) is 29.5 Å². The minimum absolute atomic E-state index is 0.106. The van der Waals surface area contributed by atoms with Crippen LogP contribution < -0.4 is 10.5 Å². The SMILES string of the molecule is COC(=O)CC(C)(C)CC(N)c1ccc(OC)cc1. The summed E-state index contributed by atoms with van der Waals surface area (Å²) in [6.07, 6.45) is 1.09. The van der Waals surface area contributed by atoms with Gasteiger partial charge < -0.3 is 15.2 Å². The fraction of sp³-hybridized carbons (Fsp3) is 0.533. The highest BCUT2D eigenvalue weighted by atomic mass is 16.5. The molecule has 0 aromatic heterocycles. The molecule has 1 unspecified atom stereocenters. The Hall–Kier alpha value is -1.55. The van der Waals surface area contributed by atoms with Crippen LogP contribution in [0.5, 0.6) is 5.75 Å². The molecule has 0 saturated heterocycles. The van der Waals surface area contributed by atoms with Gasteiger partial charge in [-0.25, -0.2) is 0 Å². The average molecular weight is 265 g/mol. The molecule has 0 amide bonds. The fourth-order valence-corrected chi connectivity index (χ4v) is 2.10. The van der Waals surface area contributed by atoms with Gasteiger partial charge in [0.2, 0.25) is 0 Å². The van der Waals surface area contributed by atoms with Gasteiger partial charge in [-0.3, -0.25) is 4.79 Å². The second-order valence-electron chi connectivity index (χ2n) is 5.50. The molecule has 1 atom stereocenters. The van der Waals surface area contributed by atoms with Crippen molar-refractivity contribution in [2.75, 3.05) is 14.2 Å². The maximum atomic E-state index is 11.3. The standard InChI is InChI=1S/C15H23NO3/c1-15(2,10-14(17)19-4)9-13(16)11-5-7-12(18-3)8-6-11/h5-8,13H,9-10,16H2,1-4H3. The minimum Gasteiger partial charge on any atom is -0.497 e. The molecule has 0 spiro atoms. The molecule has 0 aliphatic rings. The lowest BCUT2D eigenvalue weighted by atomic mass is 9.81. The van der Waals surface area contributed by atoms with E-state index in [9.17, 15) is 4.79 Å². The van der Waals surface area contributed by atoms with Gasteiger partial charge in [-0.1, -0.05) is 26.0 Å². The molecule has 19 heavy (non-hydrogen) atoms. The third kappa shape index (κ3) is 4.91. The van der Waals surface area contributed by atoms with Gasteiger partial charge >= 0.3 is 5.97 Å². The average Bonchev–Trinajstić information content (AvgIpc) is 2.37. The number of nitrogens with two attached hydrogens (primary N) is 1. The van der Waals surface area contributed by atoms with Crippen molar-refractivity contribution in [3.63, 3.8) is 0 Å². The van der Waals surface area contributed by atoms with Crippen molar-refractivity contribution in [2.24, 2.45) is 11.1 Å². The highest BCUT2D eigenvalue weighted by molar-refractivity contribution is 5.69. The summed E-state index contributed by atoms with van der Waals surface area (Å²) in [5.74, 6) is 0.608. The van der Waals surface area contributed by atoms with Crippen LogP contribution in [0.1, 0.15) is 38.3 Å². The first-order valence-corrected chi connectivity index (χ1v) is 6.34. The normalized spacial score (nSPS) is 12.9. The number of ether oxygens (including phenoxy) is 2. The number of esters is 1. The van der Waals surface area contributed by atoms with Crippen molar-refractivity contribution in [3.8, 4) is 5.75 Å². The van der Waals surface area contributed by atoms with Crippen molar-refractivity contribution in [2.45, 2.75) is 32.7 Å². The Balaban J connectivity index is 2.66. The summed E-state index contributed by atoms with van der Waals surface area (Å²) in [7, 11) is 3.04. The highest BCUT2D eigenvalue weighted by Gasteiger charge is 2.25. The zero-order chi connectivity index (χ0) is 14.5. The summed E-state index contributed by atoms with van der Waals surface area (Å²) in [6, 6.07) is 7.59. The molecule has 106 valence electrons. The van der Waals surface area contributed by atoms with Crippen LogP contribution in [0.15, 0.2) is 24.3 Å². The molecule has 2 N–H and O–H groups in total. The summed E-state index contributed by atoms with van der Waals surface area (Å²) in [4.78, 5) is 11.3. The predicted octanol–water partition coefficient (Wildman–Crippen LogP) is 2.67. The molecule has 4 nitrogen and oxygen atoms in total. The van der Waals surface area contributed by atoms with E-state index in [4.69, 9.17) is 15.2 Å². The number of hydrogen-bond donors (Lipinski definition) is 1. The Bertz CT molecular complexity index is 412. The molecule has 0 aliphatic heterocycles. The lowest BCUT2D eigenvalue weighted by molar-refractivity contribution is -0.143. The van der Waals surface area contributed by atoms with Gasteiger partial charge in [-0.2, -0.15) is 0 Å². The van der Waals surface area contributed by atoms with Gasteiger partial charge in [0.15, 0.2) is 0 Å². The van der Waals surface area contributed by atoms with Crippen molar-refractivity contribution in [1.82, 2.24) is 0 Å². The molecule has 0 bridgehead atoms. The van der Waals surface area contributed by atoms with Crippen LogP contribution in [0.4, 0.5) is 0 Å². The Morgan fingerprint density at radius 3 is 2.32 bits per heavy atom. The van der Waals surface area contributed by atoms with Crippen LogP contribution in [0, 0.1) is 5.41 Å². The monoisotopic (exact) mass is 265 g/mol. The summed E-state index contributed by atoms with van der Waals surface area (Å²) in [5.41, 5.74) is 7.05. The Morgan fingerprint density at radius 2 is 1.84 bits per heavy atom. The van der Waals surface area contributed by atoms with E-state index in [0.717, 1.165) is 11.3 Å². The Morgan fingerprint density at radius 1 is 1.26 bits per heavy atom.